The van der Waals surface area contributed by atoms with Gasteiger partial charge in [-0.05, 0) is 36.0 Å². The molecule has 4 rings (SSSR count). The smallest absolute Gasteiger partial charge is 0.0707 e. The van der Waals surface area contributed by atoms with E-state index in [2.05, 4.69) is 55.0 Å². The third-order valence-electron chi connectivity index (χ3n) is 4.90. The number of nitrogens with zero attached hydrogens (tertiary/aromatic N) is 2. The molecule has 0 amide bonds. The Morgan fingerprint density at radius 3 is 2.50 bits per heavy atom. The van der Waals surface area contributed by atoms with Crippen molar-refractivity contribution in [3.63, 3.8) is 0 Å². The van der Waals surface area contributed by atoms with Crippen LogP contribution in [-0.4, -0.2) is 16.3 Å². The zero-order chi connectivity index (χ0) is 15.3. The average Bonchev–Trinajstić information content (AvgIpc) is 3.27. The predicted molar refractivity (Wildman–Crippen MR) is 89.6 cm³/mol. The summed E-state index contributed by atoms with van der Waals surface area (Å²) in [7, 11) is 0. The Labute approximate surface area is 132 Å². The minimum atomic E-state index is 0.200. The highest BCUT2D eigenvalue weighted by atomic mass is 15.3. The maximum absolute atomic E-state index is 4.99. The van der Waals surface area contributed by atoms with Gasteiger partial charge in [0.15, 0.2) is 0 Å². The molecule has 22 heavy (non-hydrogen) atoms. The fraction of sp³-hybridized carbons (Fsp3) is 0.526. The van der Waals surface area contributed by atoms with Gasteiger partial charge in [0.25, 0.3) is 0 Å². The molecule has 0 unspecified atom stereocenters. The summed E-state index contributed by atoms with van der Waals surface area (Å²) < 4.78 is 2.20. The van der Waals surface area contributed by atoms with Crippen molar-refractivity contribution in [3.8, 4) is 5.69 Å². The molecule has 3 nitrogen and oxygen atoms in total. The van der Waals surface area contributed by atoms with Crippen LogP contribution in [0.2, 0.25) is 0 Å². The highest BCUT2D eigenvalue weighted by Crippen LogP contribution is 2.42. The molecule has 116 valence electrons. The van der Waals surface area contributed by atoms with Crippen LogP contribution < -0.4 is 5.32 Å². The molecule has 2 aliphatic rings. The van der Waals surface area contributed by atoms with Crippen molar-refractivity contribution in [2.24, 2.45) is 0 Å². The van der Waals surface area contributed by atoms with E-state index in [-0.39, 0.29) is 5.41 Å². The van der Waals surface area contributed by atoms with E-state index < -0.39 is 0 Å². The van der Waals surface area contributed by atoms with Gasteiger partial charge in [-0.1, -0.05) is 32.9 Å². The summed E-state index contributed by atoms with van der Waals surface area (Å²) in [6.45, 7) is 8.82. The van der Waals surface area contributed by atoms with Crippen molar-refractivity contribution in [3.05, 3.63) is 46.8 Å². The maximum Gasteiger partial charge on any atom is 0.0707 e. The van der Waals surface area contributed by atoms with Gasteiger partial charge in [0.05, 0.1) is 17.1 Å². The van der Waals surface area contributed by atoms with E-state index >= 15 is 0 Å². The van der Waals surface area contributed by atoms with E-state index in [4.69, 9.17) is 5.10 Å². The van der Waals surface area contributed by atoms with Gasteiger partial charge in [-0.3, -0.25) is 0 Å². The maximum atomic E-state index is 4.99. The van der Waals surface area contributed by atoms with E-state index in [1.165, 1.54) is 41.0 Å². The zero-order valence-corrected chi connectivity index (χ0v) is 13.8. The molecule has 1 aromatic carbocycles. The number of benzene rings is 1. The molecule has 0 radical (unpaired) electrons. The zero-order valence-electron chi connectivity index (χ0n) is 13.8. The lowest BCUT2D eigenvalue weighted by atomic mass is 9.87. The van der Waals surface area contributed by atoms with Crippen molar-refractivity contribution in [2.75, 3.05) is 6.54 Å². The second kappa shape index (κ2) is 4.95. The summed E-state index contributed by atoms with van der Waals surface area (Å²) in [5, 5.41) is 8.50. The Hall–Kier alpha value is -1.61. The summed E-state index contributed by atoms with van der Waals surface area (Å²) in [5.74, 6) is 0.712. The predicted octanol–water partition coefficient (Wildman–Crippen LogP) is 3.69. The third kappa shape index (κ3) is 2.38. The van der Waals surface area contributed by atoms with E-state index in [9.17, 15) is 0 Å². The van der Waals surface area contributed by atoms with Crippen molar-refractivity contribution in [1.82, 2.24) is 15.1 Å². The van der Waals surface area contributed by atoms with Gasteiger partial charge in [-0.25, -0.2) is 4.68 Å². The van der Waals surface area contributed by atoms with E-state index in [1.807, 2.05) is 0 Å². The van der Waals surface area contributed by atoms with Gasteiger partial charge in [-0.15, -0.1) is 0 Å². The van der Waals surface area contributed by atoms with Crippen LogP contribution in [0.15, 0.2) is 24.3 Å². The first-order valence-electron chi connectivity index (χ1n) is 8.46. The van der Waals surface area contributed by atoms with Crippen LogP contribution >= 0.6 is 0 Å². The number of fused-ring (bicyclic) bond motifs is 1. The Kier molecular flexibility index (Phi) is 3.15. The van der Waals surface area contributed by atoms with Crippen LogP contribution in [0.1, 0.15) is 62.0 Å². The monoisotopic (exact) mass is 295 g/mol. The topological polar surface area (TPSA) is 29.9 Å². The second-order valence-electron chi connectivity index (χ2n) is 7.72. The molecular formula is C19H25N3. The number of nitrogens with one attached hydrogen (secondary N) is 1. The van der Waals surface area contributed by atoms with Crippen molar-refractivity contribution < 1.29 is 0 Å². The van der Waals surface area contributed by atoms with Gasteiger partial charge in [0.1, 0.15) is 0 Å². The van der Waals surface area contributed by atoms with Crippen LogP contribution in [0.25, 0.3) is 5.69 Å². The summed E-state index contributed by atoms with van der Waals surface area (Å²) in [6.07, 6.45) is 3.70. The van der Waals surface area contributed by atoms with E-state index in [1.54, 1.807) is 0 Å². The molecule has 1 saturated carbocycles. The fourth-order valence-corrected chi connectivity index (χ4v) is 3.37. The molecule has 1 aliphatic carbocycles. The van der Waals surface area contributed by atoms with Crippen LogP contribution in [-0.2, 0) is 18.4 Å². The molecule has 1 N–H and O–H groups in total. The van der Waals surface area contributed by atoms with Gasteiger partial charge < -0.3 is 5.32 Å². The minimum Gasteiger partial charge on any atom is -0.312 e. The Morgan fingerprint density at radius 1 is 1.14 bits per heavy atom. The highest BCUT2D eigenvalue weighted by Gasteiger charge is 2.32. The largest absolute Gasteiger partial charge is 0.312 e. The van der Waals surface area contributed by atoms with Crippen LogP contribution in [0.3, 0.4) is 0 Å². The Bertz CT molecular complexity index is 685. The van der Waals surface area contributed by atoms with E-state index in [0.717, 1.165) is 19.5 Å². The normalized spacial score (nSPS) is 18.3. The first kappa shape index (κ1) is 14.0. The molecule has 0 spiro atoms. The quantitative estimate of drug-likeness (QED) is 0.915. The molecule has 2 aromatic rings. The fourth-order valence-electron chi connectivity index (χ4n) is 3.37. The lowest BCUT2D eigenvalue weighted by molar-refractivity contribution is 0.589. The number of rotatable bonds is 2. The van der Waals surface area contributed by atoms with Crippen molar-refractivity contribution >= 4 is 0 Å². The Morgan fingerprint density at radius 2 is 1.86 bits per heavy atom. The molecule has 0 atom stereocenters. The van der Waals surface area contributed by atoms with Crippen LogP contribution in [0, 0.1) is 0 Å². The van der Waals surface area contributed by atoms with Gasteiger partial charge in [0.2, 0.25) is 0 Å². The molecule has 1 fully saturated rings. The summed E-state index contributed by atoms with van der Waals surface area (Å²) in [4.78, 5) is 0. The van der Waals surface area contributed by atoms with Crippen molar-refractivity contribution in [2.45, 2.75) is 57.9 Å². The molecule has 1 aliphatic heterocycles. The molecule has 0 bridgehead atoms. The lowest BCUT2D eigenvalue weighted by Gasteiger charge is -2.20. The average molecular weight is 295 g/mol. The van der Waals surface area contributed by atoms with Gasteiger partial charge in [0, 0.05) is 31.0 Å². The standard InChI is InChI=1S/C19H25N3/c1-19(2,3)14-6-8-15(9-7-14)22-17-10-11-20-12-16(17)18(21-22)13-4-5-13/h6-9,13,20H,4-5,10-12H2,1-3H3. The van der Waals surface area contributed by atoms with Gasteiger partial charge in [-0.2, -0.15) is 5.10 Å². The third-order valence-corrected chi connectivity index (χ3v) is 4.90. The molecule has 0 saturated heterocycles. The summed E-state index contributed by atoms with van der Waals surface area (Å²) in [6, 6.07) is 8.96. The van der Waals surface area contributed by atoms with E-state index in [0.29, 0.717) is 5.92 Å². The molecular weight excluding hydrogens is 270 g/mol. The summed E-state index contributed by atoms with van der Waals surface area (Å²) >= 11 is 0. The summed E-state index contributed by atoms with van der Waals surface area (Å²) in [5.41, 5.74) is 7.02. The number of hydrogen-bond donors (Lipinski definition) is 1. The first-order chi connectivity index (χ1) is 10.5. The SMILES string of the molecule is CC(C)(C)c1ccc(-n2nc(C3CC3)c3c2CCNC3)cc1. The van der Waals surface area contributed by atoms with Crippen molar-refractivity contribution in [1.29, 1.82) is 0 Å². The van der Waals surface area contributed by atoms with Crippen LogP contribution in [0.4, 0.5) is 0 Å². The minimum absolute atomic E-state index is 0.200. The Balaban J connectivity index is 1.76. The first-order valence-corrected chi connectivity index (χ1v) is 8.46. The highest BCUT2D eigenvalue weighted by molar-refractivity contribution is 5.42. The lowest BCUT2D eigenvalue weighted by Crippen LogP contribution is -2.25. The molecule has 2 heterocycles. The van der Waals surface area contributed by atoms with Crippen LogP contribution in [0.5, 0.6) is 0 Å². The molecule has 1 aromatic heterocycles. The number of hydrogen-bond acceptors (Lipinski definition) is 2. The second-order valence-corrected chi connectivity index (χ2v) is 7.72. The molecule has 3 heteroatoms. The number of aromatic nitrogens is 2. The van der Waals surface area contributed by atoms with Gasteiger partial charge >= 0.3 is 0 Å².